The van der Waals surface area contributed by atoms with Gasteiger partial charge in [0.15, 0.2) is 0 Å². The predicted octanol–water partition coefficient (Wildman–Crippen LogP) is 3.66. The number of amides is 2. The van der Waals surface area contributed by atoms with E-state index in [9.17, 15) is 19.7 Å². The highest BCUT2D eigenvalue weighted by molar-refractivity contribution is 6.39. The van der Waals surface area contributed by atoms with E-state index in [-0.39, 0.29) is 12.3 Å². The van der Waals surface area contributed by atoms with Crippen LogP contribution >= 0.6 is 0 Å². The van der Waals surface area contributed by atoms with Crippen molar-refractivity contribution in [3.8, 4) is 11.5 Å². The van der Waals surface area contributed by atoms with Crippen molar-refractivity contribution in [2.75, 3.05) is 11.9 Å². The third-order valence-electron chi connectivity index (χ3n) is 4.44. The van der Waals surface area contributed by atoms with Crippen LogP contribution in [-0.2, 0) is 16.2 Å². The minimum atomic E-state index is -0.909. The Balaban J connectivity index is 1.44. The van der Waals surface area contributed by atoms with E-state index in [0.717, 1.165) is 5.56 Å². The van der Waals surface area contributed by atoms with Crippen LogP contribution in [0.15, 0.2) is 77.9 Å². The number of benzene rings is 3. The molecular weight excluding hydrogens is 440 g/mol. The number of hydrogen-bond acceptors (Lipinski definition) is 7. The van der Waals surface area contributed by atoms with E-state index >= 15 is 0 Å². The van der Waals surface area contributed by atoms with E-state index in [1.54, 1.807) is 60.7 Å². The van der Waals surface area contributed by atoms with Gasteiger partial charge in [0.1, 0.15) is 18.1 Å². The van der Waals surface area contributed by atoms with Crippen LogP contribution < -0.4 is 20.2 Å². The maximum absolute atomic E-state index is 12.0. The summed E-state index contributed by atoms with van der Waals surface area (Å²) in [6.07, 6.45) is 1.39. The van der Waals surface area contributed by atoms with Crippen LogP contribution in [0, 0.1) is 10.1 Å². The van der Waals surface area contributed by atoms with Crippen LogP contribution in [0.2, 0.25) is 0 Å². The molecule has 0 spiro atoms. The van der Waals surface area contributed by atoms with E-state index in [1.165, 1.54) is 18.3 Å². The number of hydrazone groups is 1. The second kappa shape index (κ2) is 11.8. The smallest absolute Gasteiger partial charge is 0.329 e. The highest BCUT2D eigenvalue weighted by Gasteiger charge is 2.12. The summed E-state index contributed by atoms with van der Waals surface area (Å²) in [5, 5.41) is 16.9. The van der Waals surface area contributed by atoms with Crippen LogP contribution in [-0.4, -0.2) is 29.6 Å². The van der Waals surface area contributed by atoms with Crippen molar-refractivity contribution in [1.82, 2.24) is 5.43 Å². The number of ether oxygens (including phenoxy) is 2. The molecule has 0 saturated carbocycles. The topological polar surface area (TPSA) is 132 Å². The third kappa shape index (κ3) is 7.16. The predicted molar refractivity (Wildman–Crippen MR) is 126 cm³/mol. The molecule has 0 bridgehead atoms. The summed E-state index contributed by atoms with van der Waals surface area (Å²) < 4.78 is 11.0. The molecule has 174 valence electrons. The summed E-state index contributed by atoms with van der Waals surface area (Å²) in [7, 11) is 0. The molecule has 0 heterocycles. The van der Waals surface area contributed by atoms with Crippen LogP contribution in [0.4, 0.5) is 11.4 Å². The molecule has 2 amide bonds. The average Bonchev–Trinajstić information content (AvgIpc) is 2.85. The molecule has 3 aromatic carbocycles. The molecule has 10 heteroatoms. The first-order valence-electron chi connectivity index (χ1n) is 10.3. The quantitative estimate of drug-likeness (QED) is 0.216. The summed E-state index contributed by atoms with van der Waals surface area (Å²) in [5.41, 5.74) is 4.12. The van der Waals surface area contributed by atoms with E-state index in [2.05, 4.69) is 15.8 Å². The number of non-ortho nitro benzene ring substituents is 1. The second-order valence-electron chi connectivity index (χ2n) is 6.89. The van der Waals surface area contributed by atoms with Crippen LogP contribution in [0.1, 0.15) is 18.1 Å². The Hall–Kier alpha value is -4.73. The number of anilines is 1. The van der Waals surface area contributed by atoms with E-state index < -0.39 is 16.7 Å². The summed E-state index contributed by atoms with van der Waals surface area (Å²) >= 11 is 0. The Morgan fingerprint density at radius 3 is 2.15 bits per heavy atom. The first-order valence-corrected chi connectivity index (χ1v) is 10.3. The summed E-state index contributed by atoms with van der Waals surface area (Å²) in [4.78, 5) is 34.1. The lowest BCUT2D eigenvalue weighted by Crippen LogP contribution is -2.32. The summed E-state index contributed by atoms with van der Waals surface area (Å²) in [5.74, 6) is -0.504. The van der Waals surface area contributed by atoms with Crippen molar-refractivity contribution in [3.05, 3.63) is 94.0 Å². The molecular formula is C24H22N4O6. The molecule has 0 aliphatic carbocycles. The summed E-state index contributed by atoms with van der Waals surface area (Å²) in [6, 6.07) is 19.6. The lowest BCUT2D eigenvalue weighted by atomic mass is 10.2. The number of rotatable bonds is 9. The highest BCUT2D eigenvalue weighted by atomic mass is 16.6. The second-order valence-corrected chi connectivity index (χ2v) is 6.89. The number of nitrogens with one attached hydrogen (secondary N) is 2. The molecule has 0 fully saturated rings. The number of nitro groups is 1. The van der Waals surface area contributed by atoms with Crippen LogP contribution in [0.3, 0.4) is 0 Å². The fraction of sp³-hybridized carbons (Fsp3) is 0.125. The van der Waals surface area contributed by atoms with Crippen LogP contribution in [0.25, 0.3) is 0 Å². The zero-order chi connectivity index (χ0) is 24.3. The van der Waals surface area contributed by atoms with Gasteiger partial charge in [-0.2, -0.15) is 5.10 Å². The van der Waals surface area contributed by atoms with Crippen molar-refractivity contribution in [2.24, 2.45) is 5.10 Å². The lowest BCUT2D eigenvalue weighted by molar-refractivity contribution is -0.384. The zero-order valence-electron chi connectivity index (χ0n) is 18.3. The summed E-state index contributed by atoms with van der Waals surface area (Å²) in [6.45, 7) is 2.65. The Labute approximate surface area is 195 Å². The molecule has 0 unspecified atom stereocenters. The van der Waals surface area contributed by atoms with Gasteiger partial charge >= 0.3 is 11.8 Å². The number of hydrogen-bond donors (Lipinski definition) is 2. The fourth-order valence-electron chi connectivity index (χ4n) is 2.74. The number of carbonyl (C=O) groups excluding carboxylic acids is 2. The van der Waals surface area contributed by atoms with Gasteiger partial charge in [-0.05, 0) is 78.7 Å². The van der Waals surface area contributed by atoms with Gasteiger partial charge < -0.3 is 14.8 Å². The largest absolute Gasteiger partial charge is 0.494 e. The molecule has 10 nitrogen and oxygen atoms in total. The van der Waals surface area contributed by atoms with Gasteiger partial charge in [-0.3, -0.25) is 19.7 Å². The van der Waals surface area contributed by atoms with Gasteiger partial charge in [0.05, 0.1) is 17.7 Å². The first kappa shape index (κ1) is 23.9. The average molecular weight is 462 g/mol. The Kier molecular flexibility index (Phi) is 8.28. The molecule has 3 aromatic rings. The number of nitrogens with zero attached hydrogens (tertiary/aromatic N) is 2. The van der Waals surface area contributed by atoms with E-state index in [4.69, 9.17) is 9.47 Å². The monoisotopic (exact) mass is 462 g/mol. The van der Waals surface area contributed by atoms with Crippen molar-refractivity contribution < 1.29 is 24.0 Å². The zero-order valence-corrected chi connectivity index (χ0v) is 18.3. The molecule has 0 saturated heterocycles. The minimum absolute atomic E-state index is 0.0214. The maximum Gasteiger partial charge on any atom is 0.329 e. The molecule has 0 aromatic heterocycles. The molecule has 3 rings (SSSR count). The fourth-order valence-corrected chi connectivity index (χ4v) is 2.74. The maximum atomic E-state index is 12.0. The molecule has 2 N–H and O–H groups in total. The lowest BCUT2D eigenvalue weighted by Gasteiger charge is -2.07. The molecule has 0 radical (unpaired) electrons. The number of nitro benzene ring substituents is 1. The Morgan fingerprint density at radius 2 is 1.53 bits per heavy atom. The number of carbonyl (C=O) groups is 2. The van der Waals surface area contributed by atoms with Gasteiger partial charge in [0.25, 0.3) is 5.69 Å². The van der Waals surface area contributed by atoms with E-state index in [0.29, 0.717) is 29.4 Å². The molecule has 0 aliphatic rings. The normalized spacial score (nSPS) is 10.5. The molecule has 0 aliphatic heterocycles. The van der Waals surface area contributed by atoms with Crippen molar-refractivity contribution >= 4 is 29.4 Å². The van der Waals surface area contributed by atoms with Crippen LogP contribution in [0.5, 0.6) is 11.5 Å². The molecule has 0 atom stereocenters. The van der Waals surface area contributed by atoms with Crippen molar-refractivity contribution in [1.29, 1.82) is 0 Å². The van der Waals surface area contributed by atoms with Crippen molar-refractivity contribution in [2.45, 2.75) is 13.5 Å². The van der Waals surface area contributed by atoms with Gasteiger partial charge in [0, 0.05) is 17.8 Å². The van der Waals surface area contributed by atoms with Gasteiger partial charge in [-0.1, -0.05) is 0 Å². The minimum Gasteiger partial charge on any atom is -0.494 e. The van der Waals surface area contributed by atoms with Gasteiger partial charge in [-0.15, -0.1) is 0 Å². The SMILES string of the molecule is CCOc1ccc(NC(=O)C(=O)N/N=C\c2ccc(OCc3ccc([N+](=O)[O-])cc3)cc2)cc1. The standard InChI is InChI=1S/C24H22N4O6/c1-2-33-21-13-7-19(8-14-21)26-23(29)24(30)27-25-15-17-5-11-22(12-6-17)34-16-18-3-9-20(10-4-18)28(31)32/h3-15H,2,16H2,1H3,(H,26,29)(H,27,30)/b25-15-. The van der Waals surface area contributed by atoms with Gasteiger partial charge in [-0.25, -0.2) is 5.43 Å². The Morgan fingerprint density at radius 1 is 0.912 bits per heavy atom. The van der Waals surface area contributed by atoms with Gasteiger partial charge in [0.2, 0.25) is 0 Å². The highest BCUT2D eigenvalue weighted by Crippen LogP contribution is 2.17. The first-order chi connectivity index (χ1) is 16.4. The Bertz CT molecular complexity index is 1160. The van der Waals surface area contributed by atoms with E-state index in [1.807, 2.05) is 6.92 Å². The van der Waals surface area contributed by atoms with Crippen molar-refractivity contribution in [3.63, 3.8) is 0 Å². The molecule has 34 heavy (non-hydrogen) atoms. The third-order valence-corrected chi connectivity index (χ3v) is 4.44.